The van der Waals surface area contributed by atoms with Crippen molar-refractivity contribution in [1.29, 1.82) is 0 Å². The molecule has 0 fully saturated rings. The van der Waals surface area contributed by atoms with Crippen LogP contribution in [0.1, 0.15) is 31.7 Å². The summed E-state index contributed by atoms with van der Waals surface area (Å²) >= 11 is 0. The van der Waals surface area contributed by atoms with E-state index in [2.05, 4.69) is 20.4 Å². The summed E-state index contributed by atoms with van der Waals surface area (Å²) in [5, 5.41) is 6.96. The predicted octanol–water partition coefficient (Wildman–Crippen LogP) is 3.71. The molecule has 0 atom stereocenters. The molecule has 0 aliphatic carbocycles. The third-order valence-corrected chi connectivity index (χ3v) is 3.61. The van der Waals surface area contributed by atoms with E-state index < -0.39 is 0 Å². The van der Waals surface area contributed by atoms with E-state index in [1.807, 2.05) is 50.2 Å². The monoisotopic (exact) mass is 336 g/mol. The maximum atomic E-state index is 12.0. The molecule has 2 aromatic heterocycles. The highest BCUT2D eigenvalue weighted by atomic mass is 16.5. The molecule has 128 valence electrons. The Morgan fingerprint density at radius 2 is 2.04 bits per heavy atom. The number of carbonyl (C=O) groups is 1. The van der Waals surface area contributed by atoms with E-state index in [0.29, 0.717) is 30.5 Å². The molecule has 0 radical (unpaired) electrons. The third kappa shape index (κ3) is 4.50. The first-order valence-corrected chi connectivity index (χ1v) is 8.22. The lowest BCUT2D eigenvalue weighted by molar-refractivity contribution is -0.116. The van der Waals surface area contributed by atoms with Crippen LogP contribution in [0.25, 0.3) is 11.4 Å². The van der Waals surface area contributed by atoms with Gasteiger partial charge in [-0.25, -0.2) is 0 Å². The molecule has 25 heavy (non-hydrogen) atoms. The number of para-hydroxylation sites is 1. The summed E-state index contributed by atoms with van der Waals surface area (Å²) in [4.78, 5) is 20.5. The van der Waals surface area contributed by atoms with Crippen molar-refractivity contribution in [3.05, 3.63) is 60.2 Å². The van der Waals surface area contributed by atoms with Crippen LogP contribution in [0.15, 0.2) is 53.3 Å². The summed E-state index contributed by atoms with van der Waals surface area (Å²) in [5.41, 5.74) is 2.51. The van der Waals surface area contributed by atoms with E-state index in [9.17, 15) is 4.79 Å². The van der Waals surface area contributed by atoms with Crippen LogP contribution in [0.2, 0.25) is 0 Å². The lowest BCUT2D eigenvalue weighted by atomic mass is 10.1. The Labute approximate surface area is 146 Å². The van der Waals surface area contributed by atoms with Crippen molar-refractivity contribution in [1.82, 2.24) is 15.1 Å². The van der Waals surface area contributed by atoms with E-state index in [1.54, 1.807) is 12.4 Å². The Morgan fingerprint density at radius 3 is 2.80 bits per heavy atom. The fraction of sp³-hybridized carbons (Fsp3) is 0.263. The maximum absolute atomic E-state index is 12.0. The van der Waals surface area contributed by atoms with Gasteiger partial charge in [0.05, 0.1) is 6.42 Å². The molecule has 0 aliphatic rings. The van der Waals surface area contributed by atoms with Crippen molar-refractivity contribution in [2.75, 3.05) is 5.32 Å². The minimum Gasteiger partial charge on any atom is -0.339 e. The first-order valence-electron chi connectivity index (χ1n) is 8.22. The van der Waals surface area contributed by atoms with Gasteiger partial charge in [-0.3, -0.25) is 9.78 Å². The largest absolute Gasteiger partial charge is 0.339 e. The van der Waals surface area contributed by atoms with Crippen LogP contribution in [0.3, 0.4) is 0 Å². The van der Waals surface area contributed by atoms with Gasteiger partial charge in [0, 0.05) is 30.1 Å². The number of aromatic nitrogens is 3. The molecule has 0 bridgehead atoms. The standard InChI is InChI=1S/C19H20N4O2/c1-13(2)10-17(24)21-16-8-4-3-6-14(16)11-18-22-19(23-25-18)15-7-5-9-20-12-15/h3-9,12-13H,10-11H2,1-2H3,(H,21,24). The number of nitrogens with zero attached hydrogens (tertiary/aromatic N) is 3. The summed E-state index contributed by atoms with van der Waals surface area (Å²) in [6, 6.07) is 11.3. The molecule has 3 aromatic rings. The quantitative estimate of drug-likeness (QED) is 0.742. The molecule has 6 nitrogen and oxygen atoms in total. The molecule has 6 heteroatoms. The SMILES string of the molecule is CC(C)CC(=O)Nc1ccccc1Cc1nc(-c2cccnc2)no1. The minimum atomic E-state index is 0.00373. The van der Waals surface area contributed by atoms with Crippen molar-refractivity contribution in [3.8, 4) is 11.4 Å². The first kappa shape index (κ1) is 16.8. The highest BCUT2D eigenvalue weighted by Gasteiger charge is 2.13. The van der Waals surface area contributed by atoms with Crippen molar-refractivity contribution in [2.24, 2.45) is 5.92 Å². The average Bonchev–Trinajstić information content (AvgIpc) is 3.05. The van der Waals surface area contributed by atoms with Crippen LogP contribution in [0, 0.1) is 5.92 Å². The number of carbonyl (C=O) groups excluding carboxylic acids is 1. The molecular formula is C19H20N4O2. The summed E-state index contributed by atoms with van der Waals surface area (Å²) in [7, 11) is 0. The van der Waals surface area contributed by atoms with E-state index in [1.165, 1.54) is 0 Å². The molecule has 0 saturated carbocycles. The Kier molecular flexibility index (Phi) is 5.18. The molecular weight excluding hydrogens is 316 g/mol. The lowest BCUT2D eigenvalue weighted by Crippen LogP contribution is -2.15. The number of anilines is 1. The fourth-order valence-corrected chi connectivity index (χ4v) is 2.47. The second-order valence-electron chi connectivity index (χ2n) is 6.23. The molecule has 0 aliphatic heterocycles. The normalized spacial score (nSPS) is 10.8. The zero-order chi connectivity index (χ0) is 17.6. The summed E-state index contributed by atoms with van der Waals surface area (Å²) < 4.78 is 5.35. The Bertz CT molecular complexity index is 843. The van der Waals surface area contributed by atoms with Crippen LogP contribution < -0.4 is 5.32 Å². The van der Waals surface area contributed by atoms with Crippen LogP contribution in [-0.4, -0.2) is 21.0 Å². The smallest absolute Gasteiger partial charge is 0.231 e. The molecule has 1 amide bonds. The maximum Gasteiger partial charge on any atom is 0.231 e. The molecule has 1 aromatic carbocycles. The van der Waals surface area contributed by atoms with E-state index in [0.717, 1.165) is 16.8 Å². The topological polar surface area (TPSA) is 80.9 Å². The Morgan fingerprint density at radius 1 is 1.20 bits per heavy atom. The summed E-state index contributed by atoms with van der Waals surface area (Å²) in [5.74, 6) is 1.31. The van der Waals surface area contributed by atoms with Crippen LogP contribution in [-0.2, 0) is 11.2 Å². The van der Waals surface area contributed by atoms with Crippen molar-refractivity contribution < 1.29 is 9.32 Å². The number of rotatable bonds is 6. The summed E-state index contributed by atoms with van der Waals surface area (Å²) in [6.45, 7) is 4.04. The molecule has 0 spiro atoms. The van der Waals surface area contributed by atoms with E-state index >= 15 is 0 Å². The van der Waals surface area contributed by atoms with Gasteiger partial charge in [0.25, 0.3) is 0 Å². The number of hydrogen-bond donors (Lipinski definition) is 1. The number of benzene rings is 1. The number of hydrogen-bond acceptors (Lipinski definition) is 5. The minimum absolute atomic E-state index is 0.00373. The van der Waals surface area contributed by atoms with Gasteiger partial charge in [0.2, 0.25) is 17.6 Å². The molecule has 2 heterocycles. The third-order valence-electron chi connectivity index (χ3n) is 3.61. The molecule has 0 saturated heterocycles. The van der Waals surface area contributed by atoms with Crippen molar-refractivity contribution >= 4 is 11.6 Å². The van der Waals surface area contributed by atoms with Gasteiger partial charge in [0.15, 0.2) is 0 Å². The molecule has 1 N–H and O–H groups in total. The fourth-order valence-electron chi connectivity index (χ4n) is 2.47. The van der Waals surface area contributed by atoms with Crippen LogP contribution in [0.5, 0.6) is 0 Å². The van der Waals surface area contributed by atoms with Crippen molar-refractivity contribution in [3.63, 3.8) is 0 Å². The van der Waals surface area contributed by atoms with E-state index in [4.69, 9.17) is 4.52 Å². The van der Waals surface area contributed by atoms with Gasteiger partial charge < -0.3 is 9.84 Å². The van der Waals surface area contributed by atoms with Gasteiger partial charge in [-0.1, -0.05) is 37.2 Å². The van der Waals surface area contributed by atoms with Crippen LogP contribution >= 0.6 is 0 Å². The van der Waals surface area contributed by atoms with Crippen molar-refractivity contribution in [2.45, 2.75) is 26.7 Å². The average molecular weight is 336 g/mol. The lowest BCUT2D eigenvalue weighted by Gasteiger charge is -2.10. The highest BCUT2D eigenvalue weighted by Crippen LogP contribution is 2.21. The highest BCUT2D eigenvalue weighted by molar-refractivity contribution is 5.91. The zero-order valence-corrected chi connectivity index (χ0v) is 14.3. The van der Waals surface area contributed by atoms with E-state index in [-0.39, 0.29) is 5.91 Å². The molecule has 3 rings (SSSR count). The summed E-state index contributed by atoms with van der Waals surface area (Å²) in [6.07, 6.45) is 4.32. The Balaban J connectivity index is 1.75. The zero-order valence-electron chi connectivity index (χ0n) is 14.3. The number of nitrogens with one attached hydrogen (secondary N) is 1. The van der Waals surface area contributed by atoms with Gasteiger partial charge in [-0.15, -0.1) is 0 Å². The van der Waals surface area contributed by atoms with Gasteiger partial charge in [-0.2, -0.15) is 4.98 Å². The first-order chi connectivity index (χ1) is 12.1. The van der Waals surface area contributed by atoms with Gasteiger partial charge >= 0.3 is 0 Å². The molecule has 0 unspecified atom stereocenters. The predicted molar refractivity (Wildman–Crippen MR) is 94.9 cm³/mol. The number of amides is 1. The van der Waals surface area contributed by atoms with Gasteiger partial charge in [0.1, 0.15) is 0 Å². The second kappa shape index (κ2) is 7.70. The second-order valence-corrected chi connectivity index (χ2v) is 6.23. The van der Waals surface area contributed by atoms with Crippen LogP contribution in [0.4, 0.5) is 5.69 Å². The Hall–Kier alpha value is -3.02. The number of pyridine rings is 1. The van der Waals surface area contributed by atoms with Gasteiger partial charge in [-0.05, 0) is 29.7 Å².